The van der Waals surface area contributed by atoms with Crippen molar-refractivity contribution in [2.24, 2.45) is 11.5 Å². The molecule has 0 saturated carbocycles. The number of primary amides is 2. The number of nitrogens with one attached hydrogen (secondary N) is 3. The van der Waals surface area contributed by atoms with Gasteiger partial charge >= 0.3 is 0 Å². The minimum atomic E-state index is -1.31. The van der Waals surface area contributed by atoms with Crippen LogP contribution in [0.15, 0.2) is 60.7 Å². The van der Waals surface area contributed by atoms with Crippen LogP contribution in [0.4, 0.5) is 0 Å². The van der Waals surface area contributed by atoms with Crippen LogP contribution in [0.1, 0.15) is 68.3 Å². The van der Waals surface area contributed by atoms with Gasteiger partial charge in [-0.3, -0.25) is 24.0 Å². The van der Waals surface area contributed by atoms with Gasteiger partial charge in [-0.15, -0.1) is 0 Å². The maximum absolute atomic E-state index is 13.7. The van der Waals surface area contributed by atoms with Crippen LogP contribution >= 0.6 is 0 Å². The summed E-state index contributed by atoms with van der Waals surface area (Å²) < 4.78 is 0. The highest BCUT2D eigenvalue weighted by atomic mass is 16.2. The number of hydrogen-bond donors (Lipinski definition) is 5. The van der Waals surface area contributed by atoms with Crippen LogP contribution in [0, 0.1) is 0 Å². The molecule has 3 atom stereocenters. The monoisotopic (exact) mass is 594 g/mol. The van der Waals surface area contributed by atoms with Gasteiger partial charge < -0.3 is 32.3 Å². The Morgan fingerprint density at radius 2 is 1.26 bits per heavy atom. The lowest BCUT2D eigenvalue weighted by molar-refractivity contribution is -0.133. The Morgan fingerprint density at radius 1 is 0.698 bits per heavy atom. The van der Waals surface area contributed by atoms with E-state index in [0.717, 1.165) is 44.5 Å². The van der Waals surface area contributed by atoms with Gasteiger partial charge in [0.25, 0.3) is 5.91 Å². The second kappa shape index (κ2) is 19.0. The molecule has 0 aromatic heterocycles. The summed E-state index contributed by atoms with van der Waals surface area (Å²) in [4.78, 5) is 65.7. The number of nitrogens with zero attached hydrogens (tertiary/aromatic N) is 1. The summed E-state index contributed by atoms with van der Waals surface area (Å²) >= 11 is 0. The number of carbonyl (C=O) groups excluding carboxylic acids is 5. The highest BCUT2D eigenvalue weighted by Crippen LogP contribution is 2.10. The predicted molar refractivity (Wildman–Crippen MR) is 166 cm³/mol. The van der Waals surface area contributed by atoms with Crippen molar-refractivity contribution in [2.45, 2.75) is 76.9 Å². The maximum atomic E-state index is 13.7. The molecule has 2 rings (SSSR count). The lowest BCUT2D eigenvalue weighted by Crippen LogP contribution is -2.57. The molecule has 0 bridgehead atoms. The molecule has 2 aromatic rings. The minimum absolute atomic E-state index is 0.189. The average Bonchev–Trinajstić information content (AvgIpc) is 2.98. The standard InChI is InChI=1S/C32H46N6O5/c1-3-18-38(19-4-2)20-12-11-17-25(31(42)36-26(29(34)40)22-28(33)39)35-32(43)27(21-23-13-7-5-8-14-23)37-30(41)24-15-9-6-10-16-24/h5-10,13-16,25-27H,3-4,11-12,17-22H2,1-2H3,(H2,33,39)(H2,34,40)(H,35,43)(H,36,42)(H,37,41)/t25-,26-,27-/m0/s1. The molecule has 234 valence electrons. The number of unbranched alkanes of at least 4 members (excludes halogenated alkanes) is 1. The summed E-state index contributed by atoms with van der Waals surface area (Å²) in [6.45, 7) is 7.05. The zero-order valence-electron chi connectivity index (χ0n) is 25.2. The van der Waals surface area contributed by atoms with Gasteiger partial charge in [0.15, 0.2) is 0 Å². The number of amides is 5. The van der Waals surface area contributed by atoms with E-state index in [0.29, 0.717) is 12.0 Å². The molecule has 0 unspecified atom stereocenters. The van der Waals surface area contributed by atoms with Gasteiger partial charge in [0.1, 0.15) is 18.1 Å². The molecule has 0 spiro atoms. The van der Waals surface area contributed by atoms with Crippen LogP contribution in [-0.4, -0.2) is 72.2 Å². The maximum Gasteiger partial charge on any atom is 0.251 e. The third-order valence-electron chi connectivity index (χ3n) is 6.94. The number of nitrogens with two attached hydrogens (primary N) is 2. The first-order valence-corrected chi connectivity index (χ1v) is 14.9. The van der Waals surface area contributed by atoms with E-state index in [1.54, 1.807) is 30.3 Å². The molecule has 0 fully saturated rings. The van der Waals surface area contributed by atoms with E-state index < -0.39 is 54.1 Å². The van der Waals surface area contributed by atoms with Crippen molar-refractivity contribution in [3.8, 4) is 0 Å². The largest absolute Gasteiger partial charge is 0.370 e. The molecule has 5 amide bonds. The van der Waals surface area contributed by atoms with E-state index in [4.69, 9.17) is 11.5 Å². The van der Waals surface area contributed by atoms with E-state index in [-0.39, 0.29) is 12.8 Å². The number of hydrogen-bond acceptors (Lipinski definition) is 6. The zero-order valence-corrected chi connectivity index (χ0v) is 25.2. The molecule has 11 heteroatoms. The molecular weight excluding hydrogens is 548 g/mol. The highest BCUT2D eigenvalue weighted by Gasteiger charge is 2.30. The third kappa shape index (κ3) is 13.1. The Labute approximate surface area is 254 Å². The van der Waals surface area contributed by atoms with Gasteiger partial charge in [0.05, 0.1) is 6.42 Å². The molecule has 0 aliphatic heterocycles. The number of benzene rings is 2. The van der Waals surface area contributed by atoms with Crippen molar-refractivity contribution in [1.29, 1.82) is 0 Å². The predicted octanol–water partition coefficient (Wildman–Crippen LogP) is 1.65. The van der Waals surface area contributed by atoms with Crippen molar-refractivity contribution in [2.75, 3.05) is 19.6 Å². The van der Waals surface area contributed by atoms with Crippen LogP contribution in [-0.2, 0) is 25.6 Å². The highest BCUT2D eigenvalue weighted by molar-refractivity contribution is 5.99. The summed E-state index contributed by atoms with van der Waals surface area (Å²) in [5.74, 6) is -3.37. The molecule has 7 N–H and O–H groups in total. The Bertz CT molecular complexity index is 1170. The van der Waals surface area contributed by atoms with Crippen LogP contribution in [0.3, 0.4) is 0 Å². The Kier molecular flexibility index (Phi) is 15.5. The van der Waals surface area contributed by atoms with Gasteiger partial charge in [-0.1, -0.05) is 62.4 Å². The van der Waals surface area contributed by atoms with Gasteiger partial charge in [0, 0.05) is 12.0 Å². The summed E-state index contributed by atoms with van der Waals surface area (Å²) in [7, 11) is 0. The molecule has 11 nitrogen and oxygen atoms in total. The number of rotatable bonds is 20. The van der Waals surface area contributed by atoms with E-state index in [1.165, 1.54) is 0 Å². The molecular formula is C32H46N6O5. The fourth-order valence-electron chi connectivity index (χ4n) is 4.78. The van der Waals surface area contributed by atoms with Gasteiger partial charge in [-0.2, -0.15) is 0 Å². The second-order valence-corrected chi connectivity index (χ2v) is 10.6. The molecule has 0 radical (unpaired) electrons. The van der Waals surface area contributed by atoms with Gasteiger partial charge in [-0.05, 0) is 69.4 Å². The van der Waals surface area contributed by atoms with Crippen molar-refractivity contribution in [3.63, 3.8) is 0 Å². The Balaban J connectivity index is 2.23. The van der Waals surface area contributed by atoms with Crippen molar-refractivity contribution < 1.29 is 24.0 Å². The molecule has 0 aliphatic carbocycles. The molecule has 0 aliphatic rings. The summed E-state index contributed by atoms with van der Waals surface area (Å²) in [5, 5.41) is 8.05. The first kappa shape index (κ1) is 34.9. The fraction of sp³-hybridized carbons (Fsp3) is 0.469. The average molecular weight is 595 g/mol. The van der Waals surface area contributed by atoms with E-state index in [2.05, 4.69) is 34.7 Å². The fourth-order valence-corrected chi connectivity index (χ4v) is 4.78. The molecule has 0 saturated heterocycles. The lowest BCUT2D eigenvalue weighted by atomic mass is 10.0. The van der Waals surface area contributed by atoms with Crippen molar-refractivity contribution in [1.82, 2.24) is 20.9 Å². The molecule has 2 aromatic carbocycles. The van der Waals surface area contributed by atoms with E-state index in [1.807, 2.05) is 30.3 Å². The van der Waals surface area contributed by atoms with Gasteiger partial charge in [-0.25, -0.2) is 0 Å². The normalized spacial score (nSPS) is 13.0. The second-order valence-electron chi connectivity index (χ2n) is 10.6. The quantitative estimate of drug-likeness (QED) is 0.146. The van der Waals surface area contributed by atoms with E-state index >= 15 is 0 Å². The first-order valence-electron chi connectivity index (χ1n) is 14.9. The van der Waals surface area contributed by atoms with Crippen molar-refractivity contribution in [3.05, 3.63) is 71.8 Å². The number of carbonyl (C=O) groups is 5. The van der Waals surface area contributed by atoms with Crippen molar-refractivity contribution >= 4 is 29.5 Å². The lowest BCUT2D eigenvalue weighted by Gasteiger charge is -2.25. The Morgan fingerprint density at radius 3 is 1.81 bits per heavy atom. The summed E-state index contributed by atoms with van der Waals surface area (Å²) in [5.41, 5.74) is 11.8. The third-order valence-corrected chi connectivity index (χ3v) is 6.94. The smallest absolute Gasteiger partial charge is 0.251 e. The SMILES string of the molecule is CCCN(CCC)CCCC[C@H](NC(=O)[C@H](Cc1ccccc1)NC(=O)c1ccccc1)C(=O)N[C@@H](CC(N)=O)C(N)=O. The topological polar surface area (TPSA) is 177 Å². The first-order chi connectivity index (χ1) is 20.6. The minimum Gasteiger partial charge on any atom is -0.370 e. The summed E-state index contributed by atoms with van der Waals surface area (Å²) in [6, 6.07) is 14.4. The summed E-state index contributed by atoms with van der Waals surface area (Å²) in [6.07, 6.45) is 3.47. The van der Waals surface area contributed by atoms with Gasteiger partial charge in [0.2, 0.25) is 23.6 Å². The molecule has 43 heavy (non-hydrogen) atoms. The van der Waals surface area contributed by atoms with E-state index in [9.17, 15) is 24.0 Å². The Hall–Kier alpha value is -4.25. The molecule has 0 heterocycles. The van der Waals surface area contributed by atoms with Crippen LogP contribution in [0.2, 0.25) is 0 Å². The zero-order chi connectivity index (χ0) is 31.6. The van der Waals surface area contributed by atoms with Crippen LogP contribution in [0.5, 0.6) is 0 Å². The van der Waals surface area contributed by atoms with Crippen LogP contribution < -0.4 is 27.4 Å². The van der Waals surface area contributed by atoms with Crippen LogP contribution in [0.25, 0.3) is 0 Å².